The molecule has 0 spiro atoms. The first kappa shape index (κ1) is 31.3. The first-order valence-corrected chi connectivity index (χ1v) is 12.8. The molecule has 0 aliphatic carbocycles. The van der Waals surface area contributed by atoms with Crippen molar-refractivity contribution >= 4 is 5.97 Å². The predicted octanol–water partition coefficient (Wildman–Crippen LogP) is 8.47. The maximum absolute atomic E-state index is 10.3. The summed E-state index contributed by atoms with van der Waals surface area (Å²) in [6, 6.07) is 11.6. The van der Waals surface area contributed by atoms with Gasteiger partial charge in [0.1, 0.15) is 0 Å². The van der Waals surface area contributed by atoms with E-state index in [-0.39, 0.29) is 17.1 Å². The van der Waals surface area contributed by atoms with Crippen LogP contribution in [0.2, 0.25) is 0 Å². The number of hydrogen-bond acceptors (Lipinski definition) is 3. The summed E-state index contributed by atoms with van der Waals surface area (Å²) in [5.74, 6) is -0.653. The molecule has 1 N–H and O–H groups in total. The molecule has 0 amide bonds. The summed E-state index contributed by atoms with van der Waals surface area (Å²) in [6.45, 7) is 2.27. The van der Waals surface area contributed by atoms with E-state index in [9.17, 15) is 4.79 Å². The van der Waals surface area contributed by atoms with Gasteiger partial charge in [0.15, 0.2) is 0 Å². The second-order valence-corrected chi connectivity index (χ2v) is 8.52. The zero-order valence-corrected chi connectivity index (χ0v) is 21.4. The average molecular weight is 504 g/mol. The van der Waals surface area contributed by atoms with E-state index < -0.39 is 5.97 Å². The molecular formula is C28H44CuN2O2. The zero-order valence-electron chi connectivity index (χ0n) is 20.5. The van der Waals surface area contributed by atoms with Crippen molar-refractivity contribution in [1.29, 1.82) is 0 Å². The van der Waals surface area contributed by atoms with Crippen LogP contribution in [0.25, 0.3) is 11.4 Å². The molecule has 1 radical (unpaired) electrons. The van der Waals surface area contributed by atoms with Crippen molar-refractivity contribution in [3.63, 3.8) is 0 Å². The van der Waals surface area contributed by atoms with E-state index in [1.54, 1.807) is 12.4 Å². The number of hydrogen-bond donors (Lipinski definition) is 1. The van der Waals surface area contributed by atoms with Gasteiger partial charge in [-0.05, 0) is 30.7 Å². The van der Waals surface area contributed by atoms with Crippen molar-refractivity contribution in [3.05, 3.63) is 48.8 Å². The normalized spacial score (nSPS) is 10.1. The van der Waals surface area contributed by atoms with Crippen molar-refractivity contribution in [3.8, 4) is 11.4 Å². The van der Waals surface area contributed by atoms with Crippen LogP contribution in [0.15, 0.2) is 48.8 Å². The van der Waals surface area contributed by atoms with Crippen molar-refractivity contribution < 1.29 is 27.0 Å². The molecule has 2 aromatic heterocycles. The van der Waals surface area contributed by atoms with Crippen LogP contribution in [0.1, 0.15) is 110 Å². The minimum absolute atomic E-state index is 0. The van der Waals surface area contributed by atoms with Gasteiger partial charge < -0.3 is 5.11 Å². The Morgan fingerprint density at radius 1 is 0.636 bits per heavy atom. The monoisotopic (exact) mass is 503 g/mol. The Balaban J connectivity index is 0.000000666. The number of carboxylic acids is 1. The molecule has 0 aromatic carbocycles. The smallest absolute Gasteiger partial charge is 0.303 e. The van der Waals surface area contributed by atoms with Gasteiger partial charge in [0.2, 0.25) is 0 Å². The van der Waals surface area contributed by atoms with Gasteiger partial charge in [0.05, 0.1) is 11.4 Å². The second kappa shape index (κ2) is 23.4. The predicted molar refractivity (Wildman–Crippen MR) is 135 cm³/mol. The Hall–Kier alpha value is -1.71. The summed E-state index contributed by atoms with van der Waals surface area (Å²) in [5.41, 5.74) is 1.83. The number of pyridine rings is 2. The van der Waals surface area contributed by atoms with Crippen LogP contribution in [-0.4, -0.2) is 21.0 Å². The Labute approximate surface area is 212 Å². The topological polar surface area (TPSA) is 63.1 Å². The molecule has 0 fully saturated rings. The average Bonchev–Trinajstić information content (AvgIpc) is 2.83. The number of unbranched alkanes of at least 4 members (excludes halogenated alkanes) is 14. The first-order valence-electron chi connectivity index (χ1n) is 12.8. The van der Waals surface area contributed by atoms with Gasteiger partial charge in [-0.1, -0.05) is 109 Å². The molecule has 0 atom stereocenters. The summed E-state index contributed by atoms with van der Waals surface area (Å²) in [7, 11) is 0. The molecule has 189 valence electrons. The molecule has 5 heteroatoms. The molecule has 0 aliphatic rings. The van der Waals surface area contributed by atoms with Gasteiger partial charge in [0.25, 0.3) is 0 Å². The number of aromatic nitrogens is 2. The number of carboxylic acid groups (broad SMARTS) is 1. The van der Waals surface area contributed by atoms with Gasteiger partial charge in [-0.2, -0.15) is 0 Å². The number of rotatable bonds is 17. The van der Waals surface area contributed by atoms with E-state index in [1.165, 1.54) is 83.5 Å². The van der Waals surface area contributed by atoms with Gasteiger partial charge in [-0.25, -0.2) is 0 Å². The standard InChI is InChI=1S/C18H36O2.C10H8N2.Cu/c1-2-3-4-5-6-7-8-9-10-11-12-13-14-15-16-17-18(19)20;1-3-7-11-9(5-1)10-6-2-4-8-12-10;/h2-17H2,1H3,(H,19,20);1-8H;. The summed E-state index contributed by atoms with van der Waals surface area (Å²) in [5, 5.41) is 8.52. The fourth-order valence-electron chi connectivity index (χ4n) is 3.68. The number of aliphatic carboxylic acids is 1. The van der Waals surface area contributed by atoms with Crippen molar-refractivity contribution in [1.82, 2.24) is 9.97 Å². The summed E-state index contributed by atoms with van der Waals surface area (Å²) in [6.07, 6.45) is 23.7. The maximum Gasteiger partial charge on any atom is 0.303 e. The maximum atomic E-state index is 10.3. The molecule has 0 bridgehead atoms. The van der Waals surface area contributed by atoms with E-state index in [4.69, 9.17) is 5.11 Å². The van der Waals surface area contributed by atoms with E-state index in [0.29, 0.717) is 6.42 Å². The van der Waals surface area contributed by atoms with Crippen LogP contribution in [0.4, 0.5) is 0 Å². The van der Waals surface area contributed by atoms with Crippen LogP contribution in [0, 0.1) is 0 Å². The molecular weight excluding hydrogens is 460 g/mol. The van der Waals surface area contributed by atoms with E-state index in [2.05, 4.69) is 16.9 Å². The van der Waals surface area contributed by atoms with E-state index >= 15 is 0 Å². The Morgan fingerprint density at radius 2 is 1.00 bits per heavy atom. The fraction of sp³-hybridized carbons (Fsp3) is 0.607. The first-order chi connectivity index (χ1) is 15.7. The van der Waals surface area contributed by atoms with Gasteiger partial charge in [0, 0.05) is 35.9 Å². The van der Waals surface area contributed by atoms with Crippen LogP contribution < -0.4 is 0 Å². The third-order valence-electron chi connectivity index (χ3n) is 5.59. The minimum Gasteiger partial charge on any atom is -0.481 e. The molecule has 0 saturated carbocycles. The van der Waals surface area contributed by atoms with Crippen molar-refractivity contribution in [2.24, 2.45) is 0 Å². The Kier molecular flexibility index (Phi) is 22.2. The van der Waals surface area contributed by atoms with Crippen LogP contribution in [0.5, 0.6) is 0 Å². The quantitative estimate of drug-likeness (QED) is 0.173. The number of carbonyl (C=O) groups is 1. The van der Waals surface area contributed by atoms with Crippen molar-refractivity contribution in [2.75, 3.05) is 0 Å². The zero-order chi connectivity index (χ0) is 23.1. The van der Waals surface area contributed by atoms with Gasteiger partial charge in [-0.3, -0.25) is 14.8 Å². The van der Waals surface area contributed by atoms with E-state index in [1.807, 2.05) is 36.4 Å². The number of nitrogens with zero attached hydrogens (tertiary/aromatic N) is 2. The van der Waals surface area contributed by atoms with Crippen LogP contribution in [-0.2, 0) is 21.9 Å². The van der Waals surface area contributed by atoms with E-state index in [0.717, 1.165) is 24.2 Å². The summed E-state index contributed by atoms with van der Waals surface area (Å²) >= 11 is 0. The SMILES string of the molecule is CCCCCCCCCCCCCCCCCC(=O)O.[Cu].c1ccc(-c2ccccn2)nc1. The van der Waals surface area contributed by atoms with Crippen molar-refractivity contribution in [2.45, 2.75) is 110 Å². The second-order valence-electron chi connectivity index (χ2n) is 8.52. The largest absolute Gasteiger partial charge is 0.481 e. The molecule has 2 aromatic rings. The fourth-order valence-corrected chi connectivity index (χ4v) is 3.68. The Bertz CT molecular complexity index is 631. The third-order valence-corrected chi connectivity index (χ3v) is 5.59. The molecule has 0 unspecified atom stereocenters. The molecule has 0 saturated heterocycles. The van der Waals surface area contributed by atoms with Crippen LogP contribution in [0.3, 0.4) is 0 Å². The molecule has 0 aliphatic heterocycles. The van der Waals surface area contributed by atoms with Gasteiger partial charge >= 0.3 is 5.97 Å². The summed E-state index contributed by atoms with van der Waals surface area (Å²) < 4.78 is 0. The molecule has 2 heterocycles. The third kappa shape index (κ3) is 19.5. The molecule has 4 nitrogen and oxygen atoms in total. The minimum atomic E-state index is -0.653. The van der Waals surface area contributed by atoms with Gasteiger partial charge in [-0.15, -0.1) is 0 Å². The summed E-state index contributed by atoms with van der Waals surface area (Å²) in [4.78, 5) is 18.7. The van der Waals surface area contributed by atoms with Crippen LogP contribution >= 0.6 is 0 Å². The molecule has 33 heavy (non-hydrogen) atoms. The molecule has 2 rings (SSSR count). The Morgan fingerprint density at radius 3 is 1.30 bits per heavy atom.